The van der Waals surface area contributed by atoms with Crippen LogP contribution in [0.3, 0.4) is 0 Å². The maximum atomic E-state index is 14.1. The van der Waals surface area contributed by atoms with Crippen LogP contribution in [-0.2, 0) is 56.0 Å². The van der Waals surface area contributed by atoms with Gasteiger partial charge in [-0.15, -0.1) is 0 Å². The van der Waals surface area contributed by atoms with E-state index in [1.807, 2.05) is 0 Å². The minimum absolute atomic E-state index is 0.151. The number of carboxylic acid groups (broad SMARTS) is 3. The Balaban J connectivity index is 1.63. The molecule has 2 aromatic carbocycles. The van der Waals surface area contributed by atoms with E-state index >= 15 is 0 Å². The van der Waals surface area contributed by atoms with E-state index in [0.717, 1.165) is 0 Å². The van der Waals surface area contributed by atoms with E-state index in [0.29, 0.717) is 39.4 Å². The fourth-order valence-electron chi connectivity index (χ4n) is 6.86. The first-order valence-electron chi connectivity index (χ1n) is 20.2. The summed E-state index contributed by atoms with van der Waals surface area (Å²) in [7, 11) is 0. The number of nitrogens with one attached hydrogen (secondary N) is 7. The maximum Gasteiger partial charge on any atom is 0.326 e. The summed E-state index contributed by atoms with van der Waals surface area (Å²) in [5.41, 5.74) is 13.7. The van der Waals surface area contributed by atoms with Crippen molar-refractivity contribution < 1.29 is 58.5 Å². The molecule has 0 aliphatic heterocycles. The molecule has 2 aromatic heterocycles. The first-order valence-corrected chi connectivity index (χ1v) is 20.2. The van der Waals surface area contributed by atoms with E-state index in [1.165, 1.54) is 0 Å². The van der Waals surface area contributed by atoms with Gasteiger partial charge in [0.25, 0.3) is 0 Å². The lowest BCUT2D eigenvalue weighted by atomic mass is 9.97. The van der Waals surface area contributed by atoms with Gasteiger partial charge in [-0.1, -0.05) is 56.7 Å². The number of nitrogens with two attached hydrogens (primary N) is 2. The number of fused-ring (bicyclic) bond motifs is 2. The number of carbonyl (C=O) groups excluding carboxylic acids is 6. The van der Waals surface area contributed by atoms with Gasteiger partial charge in [0.2, 0.25) is 35.4 Å². The van der Waals surface area contributed by atoms with Gasteiger partial charge in [0, 0.05) is 59.9 Å². The van der Waals surface area contributed by atoms with Gasteiger partial charge in [0.1, 0.15) is 30.2 Å². The summed E-state index contributed by atoms with van der Waals surface area (Å²) < 4.78 is 0. The van der Waals surface area contributed by atoms with Gasteiger partial charge >= 0.3 is 17.9 Å². The molecular formula is C42H53N9O12. The number of hydrogen-bond donors (Lipinski definition) is 12. The number of hydrogen-bond acceptors (Lipinski definition) is 10. The summed E-state index contributed by atoms with van der Waals surface area (Å²) in [6.45, 7) is 3.38. The summed E-state index contributed by atoms with van der Waals surface area (Å²) in [6, 6.07) is 5.03. The first-order chi connectivity index (χ1) is 29.9. The normalized spacial score (nSPS) is 14.5. The minimum atomic E-state index is -1.68. The molecule has 0 aliphatic carbocycles. The lowest BCUT2D eigenvalue weighted by Crippen LogP contribution is -2.60. The van der Waals surface area contributed by atoms with Crippen molar-refractivity contribution in [2.45, 2.75) is 101 Å². The van der Waals surface area contributed by atoms with Crippen molar-refractivity contribution in [3.63, 3.8) is 0 Å². The van der Waals surface area contributed by atoms with E-state index in [1.54, 1.807) is 74.8 Å². The molecular weight excluding hydrogens is 823 g/mol. The van der Waals surface area contributed by atoms with Crippen molar-refractivity contribution in [3.05, 3.63) is 72.1 Å². The Morgan fingerprint density at radius 2 is 1.03 bits per heavy atom. The van der Waals surface area contributed by atoms with Gasteiger partial charge in [-0.05, 0) is 42.0 Å². The van der Waals surface area contributed by atoms with E-state index in [-0.39, 0.29) is 12.8 Å². The Bertz CT molecular complexity index is 2320. The molecule has 2 heterocycles. The van der Waals surface area contributed by atoms with Crippen LogP contribution in [0.25, 0.3) is 21.8 Å². The highest BCUT2D eigenvalue weighted by molar-refractivity contribution is 5.98. The van der Waals surface area contributed by atoms with Gasteiger partial charge in [-0.25, -0.2) is 4.79 Å². The molecule has 21 nitrogen and oxygen atoms in total. The summed E-state index contributed by atoms with van der Waals surface area (Å²) in [5.74, 6) is -10.3. The van der Waals surface area contributed by atoms with Crippen molar-refractivity contribution in [2.24, 2.45) is 17.4 Å². The zero-order valence-electron chi connectivity index (χ0n) is 34.6. The molecule has 14 N–H and O–H groups in total. The number of carboxylic acids is 3. The predicted octanol–water partition coefficient (Wildman–Crippen LogP) is -0.0786. The van der Waals surface area contributed by atoms with Crippen molar-refractivity contribution in [1.29, 1.82) is 0 Å². The molecule has 6 amide bonds. The number of aromatic nitrogens is 2. The van der Waals surface area contributed by atoms with Crippen LogP contribution in [0.1, 0.15) is 63.5 Å². The van der Waals surface area contributed by atoms with Crippen LogP contribution >= 0.6 is 0 Å². The monoisotopic (exact) mass is 875 g/mol. The zero-order chi connectivity index (χ0) is 46.4. The molecule has 338 valence electrons. The summed E-state index contributed by atoms with van der Waals surface area (Å²) >= 11 is 0. The molecule has 0 aliphatic rings. The van der Waals surface area contributed by atoms with Crippen molar-refractivity contribution in [1.82, 2.24) is 36.6 Å². The van der Waals surface area contributed by atoms with Crippen LogP contribution < -0.4 is 38.1 Å². The molecule has 0 unspecified atom stereocenters. The number of amides is 6. The number of primary amides is 1. The van der Waals surface area contributed by atoms with Crippen molar-refractivity contribution in [2.75, 3.05) is 0 Å². The quantitative estimate of drug-likeness (QED) is 0.0415. The molecule has 0 saturated heterocycles. The fraction of sp³-hybridized carbons (Fsp3) is 0.405. The van der Waals surface area contributed by atoms with Crippen LogP contribution in [0.2, 0.25) is 0 Å². The van der Waals surface area contributed by atoms with E-state index in [4.69, 9.17) is 11.5 Å². The largest absolute Gasteiger partial charge is 0.481 e. The smallest absolute Gasteiger partial charge is 0.326 e. The molecule has 4 rings (SSSR count). The molecule has 0 fully saturated rings. The highest BCUT2D eigenvalue weighted by Crippen LogP contribution is 2.21. The maximum absolute atomic E-state index is 14.1. The summed E-state index contributed by atoms with van der Waals surface area (Å²) in [4.78, 5) is 122. The lowest BCUT2D eigenvalue weighted by Gasteiger charge is -2.27. The Kier molecular flexibility index (Phi) is 17.3. The number of benzene rings is 2. The molecule has 4 aromatic rings. The minimum Gasteiger partial charge on any atom is -0.481 e. The third kappa shape index (κ3) is 13.9. The summed E-state index contributed by atoms with van der Waals surface area (Å²) in [6.07, 6.45) is 0.432. The second-order valence-corrected chi connectivity index (χ2v) is 15.2. The molecule has 0 radical (unpaired) electrons. The second kappa shape index (κ2) is 22.5. The number of aliphatic carboxylic acids is 3. The highest BCUT2D eigenvalue weighted by Gasteiger charge is 2.35. The van der Waals surface area contributed by atoms with E-state index < -0.39 is 128 Å². The second-order valence-electron chi connectivity index (χ2n) is 15.2. The van der Waals surface area contributed by atoms with Gasteiger partial charge in [-0.3, -0.25) is 38.4 Å². The average molecular weight is 876 g/mol. The van der Waals surface area contributed by atoms with Crippen LogP contribution in [0.5, 0.6) is 0 Å². The van der Waals surface area contributed by atoms with Gasteiger partial charge in [0.15, 0.2) is 0 Å². The zero-order valence-corrected chi connectivity index (χ0v) is 34.6. The van der Waals surface area contributed by atoms with Crippen LogP contribution in [0.4, 0.5) is 0 Å². The standard InChI is InChI=1S/C42H53N9O12/c1-3-21(2)36(42(62)63)51-41(61)32(17-23-20-46-28-11-7-5-9-25(23)28)50-39(59)29(12-14-33(44)52)47-38(58)30(13-15-34(53)54)48-40(60)31(49-37(57)26(43)18-35(55)56)16-22-19-45-27-10-6-4-8-24(22)27/h4-11,19-21,26,29-32,36,45-46H,3,12-18,43H2,1-2H3,(H2,44,52)(H,47,58)(H,48,60)(H,49,57)(H,50,59)(H,51,61)(H,53,54)(H,55,56)(H,62,63)/t21-,26-,29-,30-,31-,32-,36-/m0/s1. The van der Waals surface area contributed by atoms with Gasteiger partial charge < -0.3 is 63.3 Å². The number of rotatable bonds is 25. The average Bonchev–Trinajstić information content (AvgIpc) is 3.84. The topological polar surface area (TPSA) is 358 Å². The lowest BCUT2D eigenvalue weighted by molar-refractivity contribution is -0.144. The predicted molar refractivity (Wildman–Crippen MR) is 226 cm³/mol. The number of aromatic amines is 2. The van der Waals surface area contributed by atoms with Gasteiger partial charge in [-0.2, -0.15) is 0 Å². The Morgan fingerprint density at radius 1 is 0.603 bits per heavy atom. The molecule has 0 bridgehead atoms. The van der Waals surface area contributed by atoms with Gasteiger partial charge in [0.05, 0.1) is 12.5 Å². The molecule has 7 atom stereocenters. The molecule has 21 heteroatoms. The highest BCUT2D eigenvalue weighted by atomic mass is 16.4. The molecule has 0 spiro atoms. The third-order valence-electron chi connectivity index (χ3n) is 10.6. The third-order valence-corrected chi connectivity index (χ3v) is 10.6. The Labute approximate surface area is 360 Å². The number of para-hydroxylation sites is 2. The van der Waals surface area contributed by atoms with Crippen molar-refractivity contribution >= 4 is 75.2 Å². The first kappa shape index (κ1) is 48.4. The van der Waals surface area contributed by atoms with E-state index in [9.17, 15) is 58.5 Å². The molecule has 0 saturated carbocycles. The Hall–Kier alpha value is -7.29. The van der Waals surface area contributed by atoms with Crippen LogP contribution in [-0.4, -0.2) is 115 Å². The summed E-state index contributed by atoms with van der Waals surface area (Å²) in [5, 5.41) is 42.4. The number of carbonyl (C=O) groups is 9. The SMILES string of the molecule is CC[C@H](C)[C@H](NC(=O)[C@H](Cc1c[nH]c2ccccc12)NC(=O)[C@H](CCC(N)=O)NC(=O)[C@H](CCC(=O)O)NC(=O)[C@H](Cc1c[nH]c2ccccc12)NC(=O)[C@@H](N)CC(=O)O)C(=O)O. The Morgan fingerprint density at radius 3 is 1.48 bits per heavy atom. The molecule has 63 heavy (non-hydrogen) atoms. The van der Waals surface area contributed by atoms with Crippen LogP contribution in [0, 0.1) is 5.92 Å². The van der Waals surface area contributed by atoms with Crippen LogP contribution in [0.15, 0.2) is 60.9 Å². The van der Waals surface area contributed by atoms with Crippen molar-refractivity contribution in [3.8, 4) is 0 Å². The fourth-order valence-corrected chi connectivity index (χ4v) is 6.86. The number of H-pyrrole nitrogens is 2. The van der Waals surface area contributed by atoms with E-state index in [2.05, 4.69) is 36.6 Å².